The van der Waals surface area contributed by atoms with E-state index in [2.05, 4.69) is 5.92 Å². The van der Waals surface area contributed by atoms with Crippen molar-refractivity contribution in [3.8, 4) is 12.3 Å². The molecule has 0 N–H and O–H groups in total. The Morgan fingerprint density at radius 1 is 1.33 bits per heavy atom. The lowest BCUT2D eigenvalue weighted by atomic mass is 10.1. The number of hydrogen-bond donors (Lipinski definition) is 0. The molecule has 0 aliphatic carbocycles. The minimum absolute atomic E-state index is 0.713. The van der Waals surface area contributed by atoms with Crippen LogP contribution in [0.25, 0.3) is 0 Å². The quantitative estimate of drug-likeness (QED) is 0.450. The van der Waals surface area contributed by atoms with Gasteiger partial charge in [-0.3, -0.25) is 0 Å². The third kappa shape index (κ3) is 1.33. The van der Waals surface area contributed by atoms with Crippen LogP contribution in [0, 0.1) is 19.3 Å². The fourth-order valence-corrected chi connectivity index (χ4v) is 0.628. The predicted octanol–water partition coefficient (Wildman–Crippen LogP) is 1.73. The topological polar surface area (TPSA) is 0 Å². The molecule has 0 saturated heterocycles. The fourth-order valence-electron chi connectivity index (χ4n) is 0.628. The highest BCUT2D eigenvalue weighted by molar-refractivity contribution is 5.36. The van der Waals surface area contributed by atoms with E-state index in [9.17, 15) is 0 Å². The lowest BCUT2D eigenvalue weighted by Crippen LogP contribution is -1.73. The zero-order chi connectivity index (χ0) is 6.69. The van der Waals surface area contributed by atoms with Gasteiger partial charge in [0.25, 0.3) is 0 Å². The van der Waals surface area contributed by atoms with Crippen molar-refractivity contribution in [2.24, 2.45) is 0 Å². The van der Waals surface area contributed by atoms with Gasteiger partial charge < -0.3 is 0 Å². The number of hydrogen-bond acceptors (Lipinski definition) is 0. The van der Waals surface area contributed by atoms with E-state index in [0.29, 0.717) is 5.56 Å². The summed E-state index contributed by atoms with van der Waals surface area (Å²) < 4.78 is 0. The summed E-state index contributed by atoms with van der Waals surface area (Å²) in [4.78, 5) is 0. The second-order valence-corrected chi connectivity index (χ2v) is 1.77. The second-order valence-electron chi connectivity index (χ2n) is 1.77. The van der Waals surface area contributed by atoms with Gasteiger partial charge in [0.05, 0.1) is 0 Å². The van der Waals surface area contributed by atoms with Crippen molar-refractivity contribution in [2.75, 3.05) is 0 Å². The Kier molecular flexibility index (Phi) is 1.55. The van der Waals surface area contributed by atoms with Crippen molar-refractivity contribution in [3.05, 3.63) is 42.3 Å². The molecule has 0 saturated carbocycles. The monoisotopic (exact) mass is 114 g/mol. The molecule has 2 radical (unpaired) electrons. The Bertz CT molecular complexity index is 240. The Morgan fingerprint density at radius 3 is 2.56 bits per heavy atom. The third-order valence-corrected chi connectivity index (χ3v) is 1.05. The summed E-state index contributed by atoms with van der Waals surface area (Å²) in [6.45, 7) is 5.44. The standard InChI is InChI=1S/C9H6/c1-3-9-6-4-5-8(2)7-9/h1-2,4-7H. The van der Waals surface area contributed by atoms with Crippen LogP contribution in [0.2, 0.25) is 0 Å². The molecule has 0 atom stereocenters. The minimum Gasteiger partial charge on any atom is -0.115 e. The molecule has 0 aliphatic rings. The molecule has 0 heteroatoms. The molecule has 1 rings (SSSR count). The molecular weight excluding hydrogens is 108 g/mol. The van der Waals surface area contributed by atoms with Crippen molar-refractivity contribution >= 4 is 0 Å². The van der Waals surface area contributed by atoms with Gasteiger partial charge in [-0.05, 0) is 24.6 Å². The van der Waals surface area contributed by atoms with Gasteiger partial charge in [0.2, 0.25) is 0 Å². The van der Waals surface area contributed by atoms with Crippen molar-refractivity contribution in [1.82, 2.24) is 0 Å². The van der Waals surface area contributed by atoms with Gasteiger partial charge in [-0.2, -0.15) is 0 Å². The summed E-state index contributed by atoms with van der Waals surface area (Å²) in [5.41, 5.74) is 1.54. The first-order valence-corrected chi connectivity index (χ1v) is 2.65. The lowest BCUT2D eigenvalue weighted by molar-refractivity contribution is 1.58. The molecule has 0 nitrogen and oxygen atoms in total. The second kappa shape index (κ2) is 2.37. The van der Waals surface area contributed by atoms with Crippen LogP contribution in [0.4, 0.5) is 0 Å². The SMILES string of the molecule is [CH]c1cccc(C#C)c1. The van der Waals surface area contributed by atoms with E-state index in [1.165, 1.54) is 0 Å². The van der Waals surface area contributed by atoms with Crippen LogP contribution in [0.3, 0.4) is 0 Å². The third-order valence-electron chi connectivity index (χ3n) is 1.05. The molecule has 0 amide bonds. The highest BCUT2D eigenvalue weighted by atomic mass is 13.9. The van der Waals surface area contributed by atoms with E-state index >= 15 is 0 Å². The van der Waals surface area contributed by atoms with Gasteiger partial charge in [0, 0.05) is 5.56 Å². The van der Waals surface area contributed by atoms with E-state index in [4.69, 9.17) is 13.3 Å². The minimum atomic E-state index is 0.713. The molecule has 0 unspecified atom stereocenters. The van der Waals surface area contributed by atoms with Crippen LogP contribution >= 0.6 is 0 Å². The molecule has 1 aromatic carbocycles. The number of rotatable bonds is 0. The first-order valence-electron chi connectivity index (χ1n) is 2.65. The molecule has 0 fully saturated rings. The largest absolute Gasteiger partial charge is 0.115 e. The molecule has 9 heavy (non-hydrogen) atoms. The molecule has 0 bridgehead atoms. The summed E-state index contributed by atoms with van der Waals surface area (Å²) in [5.74, 6) is 2.49. The fraction of sp³-hybridized carbons (Fsp3) is 0. The van der Waals surface area contributed by atoms with E-state index in [1.807, 2.05) is 12.1 Å². The molecular formula is C9H6. The van der Waals surface area contributed by atoms with Crippen LogP contribution in [-0.4, -0.2) is 0 Å². The Labute approximate surface area is 55.5 Å². The van der Waals surface area contributed by atoms with Crippen LogP contribution in [0.5, 0.6) is 0 Å². The van der Waals surface area contributed by atoms with Crippen LogP contribution in [0.15, 0.2) is 24.3 Å². The Morgan fingerprint density at radius 2 is 2.11 bits per heavy atom. The molecule has 42 valence electrons. The summed E-state index contributed by atoms with van der Waals surface area (Å²) in [6.07, 6.45) is 5.11. The van der Waals surface area contributed by atoms with E-state index < -0.39 is 0 Å². The van der Waals surface area contributed by atoms with Crippen molar-refractivity contribution in [1.29, 1.82) is 0 Å². The van der Waals surface area contributed by atoms with Gasteiger partial charge in [-0.15, -0.1) is 6.42 Å². The molecule has 0 aromatic heterocycles. The maximum atomic E-state index is 5.44. The van der Waals surface area contributed by atoms with Crippen LogP contribution < -0.4 is 0 Å². The van der Waals surface area contributed by atoms with Gasteiger partial charge >= 0.3 is 0 Å². The molecule has 0 aliphatic heterocycles. The van der Waals surface area contributed by atoms with E-state index in [-0.39, 0.29) is 0 Å². The normalized spacial score (nSPS) is 8.44. The average Bonchev–Trinajstić information content (AvgIpc) is 1.88. The highest BCUT2D eigenvalue weighted by Gasteiger charge is 1.84. The van der Waals surface area contributed by atoms with Crippen molar-refractivity contribution < 1.29 is 0 Å². The van der Waals surface area contributed by atoms with Gasteiger partial charge in [-0.25, -0.2) is 0 Å². The molecule has 0 heterocycles. The summed E-state index contributed by atoms with van der Waals surface area (Å²) >= 11 is 0. The van der Waals surface area contributed by atoms with Gasteiger partial charge in [0.1, 0.15) is 0 Å². The van der Waals surface area contributed by atoms with Crippen molar-refractivity contribution in [2.45, 2.75) is 0 Å². The van der Waals surface area contributed by atoms with E-state index in [0.717, 1.165) is 5.56 Å². The zero-order valence-electron chi connectivity index (χ0n) is 4.96. The Hall–Kier alpha value is -1.22. The van der Waals surface area contributed by atoms with E-state index in [1.54, 1.807) is 12.1 Å². The average molecular weight is 114 g/mol. The van der Waals surface area contributed by atoms with Gasteiger partial charge in [-0.1, -0.05) is 18.1 Å². The lowest BCUT2D eigenvalue weighted by Gasteiger charge is -1.89. The number of benzene rings is 1. The first-order chi connectivity index (χ1) is 4.33. The predicted molar refractivity (Wildman–Crippen MR) is 37.8 cm³/mol. The maximum Gasteiger partial charge on any atom is 0.0245 e. The maximum absolute atomic E-state index is 5.44. The number of terminal acetylenes is 1. The summed E-state index contributed by atoms with van der Waals surface area (Å²) in [6, 6.07) is 7.25. The molecule has 1 aromatic rings. The smallest absolute Gasteiger partial charge is 0.0245 e. The first kappa shape index (κ1) is 5.91. The summed E-state index contributed by atoms with van der Waals surface area (Å²) in [7, 11) is 0. The molecule has 0 spiro atoms. The highest BCUT2D eigenvalue weighted by Crippen LogP contribution is 2.00. The van der Waals surface area contributed by atoms with Crippen molar-refractivity contribution in [3.63, 3.8) is 0 Å². The zero-order valence-corrected chi connectivity index (χ0v) is 4.96. The van der Waals surface area contributed by atoms with Crippen LogP contribution in [0.1, 0.15) is 11.1 Å². The van der Waals surface area contributed by atoms with Gasteiger partial charge in [0.15, 0.2) is 0 Å². The van der Waals surface area contributed by atoms with Crippen LogP contribution in [-0.2, 0) is 0 Å². The summed E-state index contributed by atoms with van der Waals surface area (Å²) in [5, 5.41) is 0. The Balaban J connectivity index is 3.12.